The molecular weight excluding hydrogens is 476 g/mol. The highest BCUT2D eigenvalue weighted by molar-refractivity contribution is 6.30. The van der Waals surface area contributed by atoms with Crippen molar-refractivity contribution in [3.8, 4) is 23.2 Å². The number of benzene rings is 2. The Morgan fingerprint density at radius 2 is 1.71 bits per heavy atom. The first kappa shape index (κ1) is 23.8. The van der Waals surface area contributed by atoms with E-state index < -0.39 is 17.2 Å². The first-order valence-corrected chi connectivity index (χ1v) is 10.7. The van der Waals surface area contributed by atoms with Crippen LogP contribution >= 0.6 is 11.6 Å². The number of nitrogens with one attached hydrogen (secondary N) is 2. The van der Waals surface area contributed by atoms with Crippen molar-refractivity contribution in [1.82, 2.24) is 19.9 Å². The summed E-state index contributed by atoms with van der Waals surface area (Å²) in [6.07, 6.45) is 0. The lowest BCUT2D eigenvalue weighted by molar-refractivity contribution is 0.0950. The number of ether oxygens (including phenoxy) is 3. The van der Waals surface area contributed by atoms with Crippen LogP contribution in [0.25, 0.3) is 16.7 Å². The van der Waals surface area contributed by atoms with Gasteiger partial charge in [-0.05, 0) is 42.0 Å². The van der Waals surface area contributed by atoms with Crippen LogP contribution in [-0.4, -0.2) is 41.8 Å². The van der Waals surface area contributed by atoms with Crippen molar-refractivity contribution in [1.29, 1.82) is 0 Å². The molecule has 0 saturated heterocycles. The third-order valence-corrected chi connectivity index (χ3v) is 5.52. The number of H-pyrrole nitrogens is 1. The summed E-state index contributed by atoms with van der Waals surface area (Å²) in [5.41, 5.74) is -0.210. The monoisotopic (exact) mass is 496 g/mol. The van der Waals surface area contributed by atoms with Crippen LogP contribution in [0.15, 0.2) is 58.1 Å². The second-order valence-corrected chi connectivity index (χ2v) is 7.80. The fourth-order valence-corrected chi connectivity index (χ4v) is 3.67. The highest BCUT2D eigenvalue weighted by Crippen LogP contribution is 2.26. The number of amides is 1. The second kappa shape index (κ2) is 9.90. The molecule has 0 spiro atoms. The van der Waals surface area contributed by atoms with E-state index in [4.69, 9.17) is 25.8 Å². The third kappa shape index (κ3) is 4.69. The first-order valence-electron chi connectivity index (χ1n) is 10.4. The predicted molar refractivity (Wildman–Crippen MR) is 130 cm³/mol. The van der Waals surface area contributed by atoms with E-state index in [9.17, 15) is 14.4 Å². The molecule has 10 nitrogen and oxygen atoms in total. The Labute approximate surface area is 204 Å². The Morgan fingerprint density at radius 1 is 1.00 bits per heavy atom. The van der Waals surface area contributed by atoms with Gasteiger partial charge in [-0.25, -0.2) is 9.36 Å². The van der Waals surface area contributed by atoms with Crippen molar-refractivity contribution < 1.29 is 19.0 Å². The SMILES string of the molecule is COc1ccc(-n2c(=O)[nH]c3cc(C(=O)NCc4ccc(Cl)cc4)cc(OC)c3c2=O)nc1OC. The molecule has 0 bridgehead atoms. The highest BCUT2D eigenvalue weighted by atomic mass is 35.5. The number of pyridine rings is 1. The van der Waals surface area contributed by atoms with E-state index in [0.717, 1.165) is 10.1 Å². The lowest BCUT2D eigenvalue weighted by Gasteiger charge is -2.12. The van der Waals surface area contributed by atoms with Gasteiger partial charge < -0.3 is 24.5 Å². The molecule has 4 aromatic rings. The molecule has 35 heavy (non-hydrogen) atoms. The van der Waals surface area contributed by atoms with Gasteiger partial charge in [-0.15, -0.1) is 0 Å². The third-order valence-electron chi connectivity index (χ3n) is 5.27. The first-order chi connectivity index (χ1) is 16.9. The molecule has 1 amide bonds. The summed E-state index contributed by atoms with van der Waals surface area (Å²) in [6.45, 7) is 0.263. The Balaban J connectivity index is 1.75. The number of hydrogen-bond acceptors (Lipinski definition) is 7. The van der Waals surface area contributed by atoms with E-state index >= 15 is 0 Å². The summed E-state index contributed by atoms with van der Waals surface area (Å²) < 4.78 is 16.6. The van der Waals surface area contributed by atoms with E-state index in [1.54, 1.807) is 24.3 Å². The molecule has 2 aromatic carbocycles. The van der Waals surface area contributed by atoms with Gasteiger partial charge in [0.05, 0.1) is 26.8 Å². The number of aromatic amines is 1. The van der Waals surface area contributed by atoms with Crippen molar-refractivity contribution in [2.24, 2.45) is 0 Å². The van der Waals surface area contributed by atoms with Gasteiger partial charge in [0.15, 0.2) is 5.75 Å². The van der Waals surface area contributed by atoms with Crippen molar-refractivity contribution in [3.63, 3.8) is 0 Å². The van der Waals surface area contributed by atoms with Gasteiger partial charge in [-0.3, -0.25) is 9.59 Å². The lowest BCUT2D eigenvalue weighted by Crippen LogP contribution is -2.34. The number of rotatable bonds is 7. The van der Waals surface area contributed by atoms with Gasteiger partial charge in [-0.2, -0.15) is 4.98 Å². The fourth-order valence-electron chi connectivity index (χ4n) is 3.54. The molecular formula is C24H21ClN4O6. The average Bonchev–Trinajstić information content (AvgIpc) is 2.87. The van der Waals surface area contributed by atoms with Gasteiger partial charge >= 0.3 is 5.69 Å². The zero-order valence-electron chi connectivity index (χ0n) is 19.0. The summed E-state index contributed by atoms with van der Waals surface area (Å²) in [6, 6.07) is 12.9. The molecule has 0 unspecified atom stereocenters. The maximum absolute atomic E-state index is 13.3. The van der Waals surface area contributed by atoms with E-state index in [-0.39, 0.29) is 40.5 Å². The van der Waals surface area contributed by atoms with Crippen LogP contribution in [-0.2, 0) is 6.54 Å². The molecule has 0 aliphatic heterocycles. The molecule has 2 heterocycles. The van der Waals surface area contributed by atoms with Crippen LogP contribution in [0, 0.1) is 0 Å². The molecule has 0 aliphatic rings. The Morgan fingerprint density at radius 3 is 2.37 bits per heavy atom. The molecule has 0 saturated carbocycles. The number of aromatic nitrogens is 3. The summed E-state index contributed by atoms with van der Waals surface area (Å²) in [4.78, 5) is 45.8. The number of halogens is 1. The molecule has 2 aromatic heterocycles. The summed E-state index contributed by atoms with van der Waals surface area (Å²) in [5, 5.41) is 3.47. The van der Waals surface area contributed by atoms with Crippen LogP contribution in [0.3, 0.4) is 0 Å². The summed E-state index contributed by atoms with van der Waals surface area (Å²) in [7, 11) is 4.21. The number of methoxy groups -OCH3 is 3. The normalized spacial score (nSPS) is 10.7. The van der Waals surface area contributed by atoms with Crippen LogP contribution in [0.2, 0.25) is 5.02 Å². The Hall–Kier alpha value is -4.31. The van der Waals surface area contributed by atoms with Crippen LogP contribution in [0.5, 0.6) is 17.4 Å². The maximum Gasteiger partial charge on any atom is 0.334 e. The number of nitrogens with zero attached hydrogens (tertiary/aromatic N) is 2. The van der Waals surface area contributed by atoms with Gasteiger partial charge in [0.1, 0.15) is 17.0 Å². The fraction of sp³-hybridized carbons (Fsp3) is 0.167. The molecule has 0 aliphatic carbocycles. The lowest BCUT2D eigenvalue weighted by atomic mass is 10.1. The minimum atomic E-state index is -0.747. The van der Waals surface area contributed by atoms with Gasteiger partial charge in [-0.1, -0.05) is 23.7 Å². The Bertz CT molecular complexity index is 1530. The summed E-state index contributed by atoms with van der Waals surface area (Å²) in [5.74, 6) is 0.188. The maximum atomic E-state index is 13.3. The van der Waals surface area contributed by atoms with Crippen molar-refractivity contribution >= 4 is 28.4 Å². The zero-order chi connectivity index (χ0) is 25.1. The highest BCUT2D eigenvalue weighted by Gasteiger charge is 2.19. The molecule has 180 valence electrons. The van der Waals surface area contributed by atoms with E-state index in [0.29, 0.717) is 10.8 Å². The van der Waals surface area contributed by atoms with Crippen LogP contribution in [0.4, 0.5) is 0 Å². The average molecular weight is 497 g/mol. The standard InChI is InChI=1S/C24H21ClN4O6/c1-33-17-8-9-19(28-22(17)35-3)29-23(31)20-16(27-24(29)32)10-14(11-18(20)34-2)21(30)26-12-13-4-6-15(25)7-5-13/h4-11H,12H2,1-3H3,(H,26,30)(H,27,32). The van der Waals surface area contributed by atoms with E-state index in [1.165, 1.54) is 45.6 Å². The van der Waals surface area contributed by atoms with Crippen molar-refractivity contribution in [3.05, 3.63) is 85.5 Å². The van der Waals surface area contributed by atoms with Crippen LogP contribution < -0.4 is 30.8 Å². The van der Waals surface area contributed by atoms with Crippen molar-refractivity contribution in [2.45, 2.75) is 6.54 Å². The molecule has 2 N–H and O–H groups in total. The molecule has 0 fully saturated rings. The minimum absolute atomic E-state index is 0.0302. The molecule has 0 atom stereocenters. The smallest absolute Gasteiger partial charge is 0.334 e. The molecule has 11 heteroatoms. The Kier molecular flexibility index (Phi) is 6.74. The largest absolute Gasteiger partial charge is 0.496 e. The molecule has 4 rings (SSSR count). The quantitative estimate of drug-likeness (QED) is 0.403. The van der Waals surface area contributed by atoms with E-state index in [2.05, 4.69) is 15.3 Å². The van der Waals surface area contributed by atoms with Crippen molar-refractivity contribution in [2.75, 3.05) is 21.3 Å². The van der Waals surface area contributed by atoms with Gasteiger partial charge in [0, 0.05) is 17.1 Å². The van der Waals surface area contributed by atoms with Gasteiger partial charge in [0.2, 0.25) is 0 Å². The molecule has 0 radical (unpaired) electrons. The van der Waals surface area contributed by atoms with Crippen LogP contribution in [0.1, 0.15) is 15.9 Å². The topological polar surface area (TPSA) is 125 Å². The predicted octanol–water partition coefficient (Wildman–Crippen LogP) is 2.68. The summed E-state index contributed by atoms with van der Waals surface area (Å²) >= 11 is 5.89. The minimum Gasteiger partial charge on any atom is -0.496 e. The number of carbonyl (C=O) groups excluding carboxylic acids is 1. The number of carbonyl (C=O) groups is 1. The second-order valence-electron chi connectivity index (χ2n) is 7.36. The number of hydrogen-bond donors (Lipinski definition) is 2. The number of fused-ring (bicyclic) bond motifs is 1. The van der Waals surface area contributed by atoms with Gasteiger partial charge in [0.25, 0.3) is 17.3 Å². The van der Waals surface area contributed by atoms with E-state index in [1.807, 2.05) is 0 Å². The zero-order valence-corrected chi connectivity index (χ0v) is 19.8.